The molecule has 33 heavy (non-hydrogen) atoms. The van der Waals surface area contributed by atoms with E-state index in [-0.39, 0.29) is 18.4 Å². The summed E-state index contributed by atoms with van der Waals surface area (Å²) in [6, 6.07) is 5.51. The number of anilines is 1. The van der Waals surface area contributed by atoms with Crippen molar-refractivity contribution in [3.05, 3.63) is 28.8 Å². The van der Waals surface area contributed by atoms with Gasteiger partial charge in [-0.3, -0.25) is 19.2 Å². The monoisotopic (exact) mass is 470 g/mol. The first-order chi connectivity index (χ1) is 16.0. The maximum Gasteiger partial charge on any atom is 0.240 e. The molecule has 3 aliphatic rings. The van der Waals surface area contributed by atoms with Gasteiger partial charge >= 0.3 is 0 Å². The molecule has 0 unspecified atom stereocenters. The fourth-order valence-corrected chi connectivity index (χ4v) is 5.18. The van der Waals surface area contributed by atoms with Crippen LogP contribution in [0, 0.1) is 11.8 Å². The minimum atomic E-state index is -0.140. The van der Waals surface area contributed by atoms with E-state index in [4.69, 9.17) is 21.4 Å². The van der Waals surface area contributed by atoms with Gasteiger partial charge in [0.2, 0.25) is 11.8 Å². The Morgan fingerprint density at radius 2 is 1.97 bits per heavy atom. The maximum absolute atomic E-state index is 13.5. The Morgan fingerprint density at radius 1 is 1.18 bits per heavy atom. The van der Waals surface area contributed by atoms with Crippen molar-refractivity contribution >= 4 is 29.2 Å². The van der Waals surface area contributed by atoms with Crippen molar-refractivity contribution in [2.24, 2.45) is 18.9 Å². The molecule has 176 valence electrons. The number of rotatable bonds is 7. The van der Waals surface area contributed by atoms with Crippen LogP contribution in [0.2, 0.25) is 5.02 Å². The Bertz CT molecular complexity index is 1060. The summed E-state index contributed by atoms with van der Waals surface area (Å²) in [4.78, 5) is 27.9. The van der Waals surface area contributed by atoms with Crippen LogP contribution in [0.3, 0.4) is 0 Å². The fourth-order valence-electron chi connectivity index (χ4n) is 5.01. The summed E-state index contributed by atoms with van der Waals surface area (Å²) in [5.41, 5.74) is 2.55. The van der Waals surface area contributed by atoms with Crippen molar-refractivity contribution in [1.29, 1.82) is 0 Å². The highest BCUT2D eigenvalue weighted by Crippen LogP contribution is 2.42. The highest BCUT2D eigenvalue weighted by atomic mass is 35.5. The number of hydrogen-bond acceptors (Lipinski definition) is 4. The van der Waals surface area contributed by atoms with Crippen molar-refractivity contribution in [2.45, 2.75) is 58.0 Å². The van der Waals surface area contributed by atoms with Gasteiger partial charge in [-0.25, -0.2) is 0 Å². The average Bonchev–Trinajstić information content (AvgIpc) is 3.58. The molecule has 0 saturated heterocycles. The van der Waals surface area contributed by atoms with Crippen LogP contribution >= 0.6 is 11.6 Å². The summed E-state index contributed by atoms with van der Waals surface area (Å²) in [5, 5.41) is 8.32. The number of ether oxygens (including phenoxy) is 1. The lowest BCUT2D eigenvalue weighted by Crippen LogP contribution is -2.42. The zero-order chi connectivity index (χ0) is 22.9. The number of aromatic nitrogens is 2. The number of benzene rings is 1. The van der Waals surface area contributed by atoms with Gasteiger partial charge in [-0.1, -0.05) is 30.9 Å². The Kier molecular flexibility index (Phi) is 6.32. The van der Waals surface area contributed by atoms with Gasteiger partial charge in [0.05, 0.1) is 11.3 Å². The van der Waals surface area contributed by atoms with E-state index in [1.165, 1.54) is 19.3 Å². The van der Waals surface area contributed by atoms with Gasteiger partial charge in [0.1, 0.15) is 18.9 Å². The Labute approximate surface area is 199 Å². The van der Waals surface area contributed by atoms with Crippen LogP contribution < -0.4 is 15.0 Å². The molecule has 1 aromatic heterocycles. The number of hydrogen-bond donors (Lipinski definition) is 1. The van der Waals surface area contributed by atoms with Crippen molar-refractivity contribution in [3.8, 4) is 17.0 Å². The van der Waals surface area contributed by atoms with E-state index in [1.54, 1.807) is 15.6 Å². The van der Waals surface area contributed by atoms with Crippen molar-refractivity contribution in [2.75, 3.05) is 18.0 Å². The lowest BCUT2D eigenvalue weighted by Gasteiger charge is -2.27. The third-order valence-corrected chi connectivity index (χ3v) is 7.26. The van der Waals surface area contributed by atoms with Crippen LogP contribution in [0.4, 0.5) is 5.82 Å². The van der Waals surface area contributed by atoms with E-state index >= 15 is 0 Å². The lowest BCUT2D eigenvalue weighted by molar-refractivity contribution is -0.124. The third-order valence-electron chi connectivity index (χ3n) is 7.02. The predicted molar refractivity (Wildman–Crippen MR) is 127 cm³/mol. The second-order valence-corrected chi connectivity index (χ2v) is 10.1. The number of aryl methyl sites for hydroxylation is 1. The summed E-state index contributed by atoms with van der Waals surface area (Å²) < 4.78 is 7.75. The number of halogens is 1. The van der Waals surface area contributed by atoms with Gasteiger partial charge in [-0.05, 0) is 55.7 Å². The van der Waals surface area contributed by atoms with E-state index in [1.807, 2.05) is 19.2 Å². The molecular formula is C25H31ClN4O3. The molecule has 0 atom stereocenters. The van der Waals surface area contributed by atoms with Gasteiger partial charge < -0.3 is 10.1 Å². The molecule has 5 rings (SSSR count). The standard InChI is InChI=1S/C25H31ClN4O3/c1-29-24-19-12-18(26)9-10-21(19)33-15-20(24)25(28-29)30(14-22(31)27-13-17-7-8-17)23(32)11-16-5-3-2-4-6-16/h9-10,12,16-17H,2-8,11,13-15H2,1H3,(H,27,31). The quantitative estimate of drug-likeness (QED) is 0.648. The predicted octanol–water partition coefficient (Wildman–Crippen LogP) is 4.46. The van der Waals surface area contributed by atoms with Gasteiger partial charge in [0.15, 0.2) is 5.82 Å². The summed E-state index contributed by atoms with van der Waals surface area (Å²) >= 11 is 6.26. The van der Waals surface area contributed by atoms with Crippen LogP contribution in [-0.2, 0) is 23.2 Å². The first kappa shape index (κ1) is 22.3. The van der Waals surface area contributed by atoms with Gasteiger partial charge in [-0.15, -0.1) is 0 Å². The molecule has 1 aliphatic heterocycles. The fraction of sp³-hybridized carbons (Fsp3) is 0.560. The molecule has 2 aliphatic carbocycles. The third kappa shape index (κ3) is 4.88. The largest absolute Gasteiger partial charge is 0.488 e. The average molecular weight is 471 g/mol. The molecule has 0 spiro atoms. The van der Waals surface area contributed by atoms with Crippen molar-refractivity contribution in [1.82, 2.24) is 15.1 Å². The Hall–Kier alpha value is -2.54. The molecule has 0 bridgehead atoms. The van der Waals surface area contributed by atoms with Gasteiger partial charge in [0.25, 0.3) is 0 Å². The number of carbonyl (C=O) groups excluding carboxylic acids is 2. The molecule has 8 heteroatoms. The normalized spacial score (nSPS) is 17.6. The molecule has 2 saturated carbocycles. The zero-order valence-corrected chi connectivity index (χ0v) is 19.9. The van der Waals surface area contributed by atoms with E-state index in [0.29, 0.717) is 42.2 Å². The van der Waals surface area contributed by atoms with Crippen molar-refractivity contribution < 1.29 is 14.3 Å². The lowest BCUT2D eigenvalue weighted by atomic mass is 9.86. The minimum Gasteiger partial charge on any atom is -0.488 e. The number of nitrogens with one attached hydrogen (secondary N) is 1. The molecule has 2 amide bonds. The van der Waals surface area contributed by atoms with E-state index < -0.39 is 0 Å². The highest BCUT2D eigenvalue weighted by molar-refractivity contribution is 6.31. The molecule has 1 aromatic carbocycles. The van der Waals surface area contributed by atoms with E-state index in [9.17, 15) is 9.59 Å². The SMILES string of the molecule is Cn1nc(N(CC(=O)NCC2CC2)C(=O)CC2CCCCC2)c2c1-c1cc(Cl)ccc1OC2. The Balaban J connectivity index is 1.45. The number of carbonyl (C=O) groups is 2. The second kappa shape index (κ2) is 9.37. The molecule has 0 radical (unpaired) electrons. The summed E-state index contributed by atoms with van der Waals surface area (Å²) in [6.07, 6.45) is 8.50. The minimum absolute atomic E-state index is 0.0237. The Morgan fingerprint density at radius 3 is 2.73 bits per heavy atom. The van der Waals surface area contributed by atoms with Crippen LogP contribution in [0.15, 0.2) is 18.2 Å². The maximum atomic E-state index is 13.5. The topological polar surface area (TPSA) is 76.5 Å². The molecule has 1 N–H and O–H groups in total. The molecular weight excluding hydrogens is 440 g/mol. The van der Waals surface area contributed by atoms with Crippen LogP contribution in [-0.4, -0.2) is 34.7 Å². The van der Waals surface area contributed by atoms with Gasteiger partial charge in [0, 0.05) is 30.6 Å². The zero-order valence-electron chi connectivity index (χ0n) is 19.1. The van der Waals surface area contributed by atoms with E-state index in [0.717, 1.165) is 48.3 Å². The second-order valence-electron chi connectivity index (χ2n) is 9.64. The first-order valence-electron chi connectivity index (χ1n) is 12.0. The highest BCUT2D eigenvalue weighted by Gasteiger charge is 2.33. The smallest absolute Gasteiger partial charge is 0.240 e. The summed E-state index contributed by atoms with van der Waals surface area (Å²) in [5.74, 6) is 2.03. The number of fused-ring (bicyclic) bond motifs is 3. The van der Waals surface area contributed by atoms with E-state index in [2.05, 4.69) is 5.32 Å². The summed E-state index contributed by atoms with van der Waals surface area (Å²) in [6.45, 7) is 0.951. The van der Waals surface area contributed by atoms with Crippen molar-refractivity contribution in [3.63, 3.8) is 0 Å². The van der Waals surface area contributed by atoms with Gasteiger partial charge in [-0.2, -0.15) is 5.10 Å². The molecule has 2 fully saturated rings. The summed E-state index contributed by atoms with van der Waals surface area (Å²) in [7, 11) is 1.86. The number of amides is 2. The molecule has 7 nitrogen and oxygen atoms in total. The number of nitrogens with zero attached hydrogens (tertiary/aromatic N) is 3. The van der Waals surface area contributed by atoms with Crippen LogP contribution in [0.25, 0.3) is 11.3 Å². The molecule has 2 heterocycles. The first-order valence-corrected chi connectivity index (χ1v) is 12.4. The van der Waals surface area contributed by atoms with Crippen LogP contribution in [0.5, 0.6) is 5.75 Å². The van der Waals surface area contributed by atoms with Crippen LogP contribution in [0.1, 0.15) is 56.9 Å². The molecule has 2 aromatic rings.